The molecular weight excluding hydrogens is 233 g/mol. The molecule has 0 amide bonds. The lowest BCUT2D eigenvalue weighted by Crippen LogP contribution is -2.58. The van der Waals surface area contributed by atoms with Gasteiger partial charge in [0, 0.05) is 31.7 Å². The number of β-amino-alcohol motifs (C(OH)–C–C–N with tert-alkyl or cyclic N) is 1. The van der Waals surface area contributed by atoms with E-state index >= 15 is 0 Å². The molecule has 0 aromatic carbocycles. The van der Waals surface area contributed by atoms with Crippen LogP contribution in [0.25, 0.3) is 0 Å². The first-order valence-corrected chi connectivity index (χ1v) is 6.10. The van der Waals surface area contributed by atoms with E-state index in [1.165, 1.54) is 0 Å². The Hall–Kier alpha value is -0.330. The van der Waals surface area contributed by atoms with Gasteiger partial charge in [-0.15, -0.1) is 0 Å². The molecule has 1 fully saturated rings. The predicted molar refractivity (Wildman–Crippen MR) is 59.8 cm³/mol. The van der Waals surface area contributed by atoms with Gasteiger partial charge in [-0.25, -0.2) is 0 Å². The number of alkyl halides is 3. The van der Waals surface area contributed by atoms with E-state index in [9.17, 15) is 13.2 Å². The normalized spacial score (nSPS) is 29.3. The third-order valence-electron chi connectivity index (χ3n) is 3.36. The topological polar surface area (TPSA) is 35.5 Å². The zero-order valence-corrected chi connectivity index (χ0v) is 10.3. The Morgan fingerprint density at radius 1 is 1.35 bits per heavy atom. The lowest BCUT2D eigenvalue weighted by molar-refractivity contribution is -0.210. The lowest BCUT2D eigenvalue weighted by atomic mass is 10.0. The molecule has 3 nitrogen and oxygen atoms in total. The van der Waals surface area contributed by atoms with Crippen molar-refractivity contribution >= 4 is 0 Å². The highest BCUT2D eigenvalue weighted by Crippen LogP contribution is 2.22. The van der Waals surface area contributed by atoms with E-state index in [4.69, 9.17) is 5.11 Å². The van der Waals surface area contributed by atoms with Gasteiger partial charge in [-0.3, -0.25) is 4.90 Å². The molecule has 1 aliphatic heterocycles. The fourth-order valence-electron chi connectivity index (χ4n) is 2.15. The fourth-order valence-corrected chi connectivity index (χ4v) is 2.15. The highest BCUT2D eigenvalue weighted by molar-refractivity contribution is 4.87. The molecule has 0 aromatic heterocycles. The second-order valence-corrected chi connectivity index (χ2v) is 4.59. The summed E-state index contributed by atoms with van der Waals surface area (Å²) < 4.78 is 37.0. The molecule has 0 bridgehead atoms. The highest BCUT2D eigenvalue weighted by atomic mass is 19.4. The number of nitrogens with one attached hydrogen (secondary N) is 1. The van der Waals surface area contributed by atoms with Gasteiger partial charge in [-0.2, -0.15) is 13.2 Å². The van der Waals surface area contributed by atoms with Crippen LogP contribution in [0.4, 0.5) is 13.2 Å². The number of rotatable bonds is 4. The molecule has 6 heteroatoms. The summed E-state index contributed by atoms with van der Waals surface area (Å²) in [6.07, 6.45) is -5.10. The smallest absolute Gasteiger partial charge is 0.382 e. The molecule has 1 heterocycles. The molecule has 0 saturated carbocycles. The second kappa shape index (κ2) is 6.02. The number of aliphatic hydroxyl groups excluding tert-OH is 1. The minimum absolute atomic E-state index is 0.0785. The highest BCUT2D eigenvalue weighted by Gasteiger charge is 2.40. The van der Waals surface area contributed by atoms with Crippen molar-refractivity contribution in [1.29, 1.82) is 0 Å². The zero-order chi connectivity index (χ0) is 13.1. The van der Waals surface area contributed by atoms with Crippen molar-refractivity contribution in [2.75, 3.05) is 19.6 Å². The van der Waals surface area contributed by atoms with Gasteiger partial charge in [0.25, 0.3) is 0 Å². The summed E-state index contributed by atoms with van der Waals surface area (Å²) in [6, 6.07) is 0.299. The Labute approximate surface area is 100.0 Å². The summed E-state index contributed by atoms with van der Waals surface area (Å²) in [7, 11) is 0. The van der Waals surface area contributed by atoms with E-state index in [2.05, 4.69) is 5.32 Å². The van der Waals surface area contributed by atoms with Crippen molar-refractivity contribution in [2.24, 2.45) is 0 Å². The molecule has 0 aliphatic carbocycles. The third-order valence-corrected chi connectivity index (χ3v) is 3.36. The third kappa shape index (κ3) is 4.12. The summed E-state index contributed by atoms with van der Waals surface area (Å²) in [5.41, 5.74) is 0. The first kappa shape index (κ1) is 14.7. The van der Waals surface area contributed by atoms with Crippen LogP contribution < -0.4 is 5.32 Å². The minimum atomic E-state index is -4.52. The molecule has 1 rings (SSSR count). The van der Waals surface area contributed by atoms with Crippen molar-refractivity contribution in [3.63, 3.8) is 0 Å². The standard InChI is InChI=1S/C11H21F3N2O/c1-3-8-6-16(9(4-2)5-15-8)7-10(17)11(12,13)14/h8-10,15,17H,3-7H2,1-2H3. The van der Waals surface area contributed by atoms with Crippen LogP contribution in [0.5, 0.6) is 0 Å². The molecule has 3 unspecified atom stereocenters. The minimum Gasteiger partial charge on any atom is -0.382 e. The maximum absolute atomic E-state index is 12.3. The fraction of sp³-hybridized carbons (Fsp3) is 1.00. The molecule has 0 spiro atoms. The second-order valence-electron chi connectivity index (χ2n) is 4.59. The van der Waals surface area contributed by atoms with Crippen molar-refractivity contribution in [3.8, 4) is 0 Å². The van der Waals surface area contributed by atoms with Gasteiger partial charge in [0.1, 0.15) is 0 Å². The van der Waals surface area contributed by atoms with Gasteiger partial charge in [0.2, 0.25) is 0 Å². The van der Waals surface area contributed by atoms with Crippen LogP contribution in [0.15, 0.2) is 0 Å². The maximum Gasteiger partial charge on any atom is 0.415 e. The quantitative estimate of drug-likeness (QED) is 0.795. The lowest BCUT2D eigenvalue weighted by Gasteiger charge is -2.41. The van der Waals surface area contributed by atoms with Crippen molar-refractivity contribution in [2.45, 2.75) is 51.1 Å². The summed E-state index contributed by atoms with van der Waals surface area (Å²) >= 11 is 0. The van der Waals surface area contributed by atoms with Crippen LogP contribution in [-0.2, 0) is 0 Å². The van der Waals surface area contributed by atoms with Crippen molar-refractivity contribution in [3.05, 3.63) is 0 Å². The summed E-state index contributed by atoms with van der Waals surface area (Å²) in [5, 5.41) is 12.4. The monoisotopic (exact) mass is 254 g/mol. The first-order valence-electron chi connectivity index (χ1n) is 6.10. The number of halogens is 3. The van der Waals surface area contributed by atoms with E-state index in [-0.39, 0.29) is 18.6 Å². The summed E-state index contributed by atoms with van der Waals surface area (Å²) in [6.45, 7) is 4.90. The van der Waals surface area contributed by atoms with Crippen LogP contribution in [-0.4, -0.2) is 54.0 Å². The van der Waals surface area contributed by atoms with Crippen LogP contribution in [0.1, 0.15) is 26.7 Å². The Balaban J connectivity index is 2.58. The largest absolute Gasteiger partial charge is 0.415 e. The van der Waals surface area contributed by atoms with Crippen LogP contribution in [0, 0.1) is 0 Å². The number of aliphatic hydroxyl groups is 1. The molecule has 2 N–H and O–H groups in total. The van der Waals surface area contributed by atoms with Crippen LogP contribution in [0.3, 0.4) is 0 Å². The van der Waals surface area contributed by atoms with Gasteiger partial charge >= 0.3 is 6.18 Å². The average molecular weight is 254 g/mol. The molecular formula is C11H21F3N2O. The Bertz CT molecular complexity index is 235. The van der Waals surface area contributed by atoms with Gasteiger partial charge in [-0.1, -0.05) is 13.8 Å². The predicted octanol–water partition coefficient (Wildman–Crippen LogP) is 1.37. The number of nitrogens with zero attached hydrogens (tertiary/aromatic N) is 1. The Morgan fingerprint density at radius 3 is 2.47 bits per heavy atom. The number of hydrogen-bond acceptors (Lipinski definition) is 3. The van der Waals surface area contributed by atoms with Gasteiger partial charge in [0.15, 0.2) is 6.10 Å². The molecule has 0 radical (unpaired) electrons. The van der Waals surface area contributed by atoms with E-state index in [0.29, 0.717) is 13.1 Å². The van der Waals surface area contributed by atoms with E-state index in [1.807, 2.05) is 13.8 Å². The van der Waals surface area contributed by atoms with Crippen LogP contribution in [0.2, 0.25) is 0 Å². The Kier molecular flexibility index (Phi) is 5.22. The molecule has 3 atom stereocenters. The summed E-state index contributed by atoms with van der Waals surface area (Å²) in [5.74, 6) is 0. The summed E-state index contributed by atoms with van der Waals surface area (Å²) in [4.78, 5) is 1.75. The maximum atomic E-state index is 12.3. The van der Waals surface area contributed by atoms with E-state index < -0.39 is 12.3 Å². The molecule has 102 valence electrons. The number of hydrogen-bond donors (Lipinski definition) is 2. The zero-order valence-electron chi connectivity index (χ0n) is 10.3. The average Bonchev–Trinajstić information content (AvgIpc) is 2.27. The Morgan fingerprint density at radius 2 is 2.00 bits per heavy atom. The molecule has 0 aromatic rings. The van der Waals surface area contributed by atoms with Gasteiger partial charge in [-0.05, 0) is 12.8 Å². The van der Waals surface area contributed by atoms with Gasteiger partial charge in [0.05, 0.1) is 0 Å². The first-order chi connectivity index (χ1) is 7.88. The van der Waals surface area contributed by atoms with Gasteiger partial charge < -0.3 is 10.4 Å². The molecule has 1 aliphatic rings. The van der Waals surface area contributed by atoms with E-state index in [1.54, 1.807) is 4.90 Å². The van der Waals surface area contributed by atoms with Crippen molar-refractivity contribution in [1.82, 2.24) is 10.2 Å². The van der Waals surface area contributed by atoms with Crippen molar-refractivity contribution < 1.29 is 18.3 Å². The molecule has 1 saturated heterocycles. The van der Waals surface area contributed by atoms with E-state index in [0.717, 1.165) is 12.8 Å². The number of piperazine rings is 1. The van der Waals surface area contributed by atoms with Crippen LogP contribution >= 0.6 is 0 Å². The molecule has 17 heavy (non-hydrogen) atoms. The SMILES string of the molecule is CCC1CN(CC(O)C(F)(F)F)C(CC)CN1.